The lowest BCUT2D eigenvalue weighted by Gasteiger charge is -2.82. The van der Waals surface area contributed by atoms with E-state index >= 15 is 0 Å². The summed E-state index contributed by atoms with van der Waals surface area (Å²) in [7, 11) is -5.82. The molecule has 8 aliphatic rings. The molecular formula is C28H56Si7. The standard InChI is InChI=1S/C28H56Si7/c1-2-16-29(15-1)17-3-14-28-35(29)33(24-10-11-25-33)31(20-6-7-21-31)30(18-4-5-19-30)32(22-8-9-23-32)34(35)26-12-13-27-34/h1-28H2. The first kappa shape index (κ1) is 24.3. The third-order valence-corrected chi connectivity index (χ3v) is 190. The van der Waals surface area contributed by atoms with Crippen molar-refractivity contribution in [3.05, 3.63) is 0 Å². The highest BCUT2D eigenvalue weighted by Gasteiger charge is 2.91. The minimum absolute atomic E-state index is 0.944. The van der Waals surface area contributed by atoms with Crippen molar-refractivity contribution >= 4 is 49.8 Å². The normalized spacial score (nSPS) is 38.4. The number of hydrogen-bond donors (Lipinski definition) is 0. The van der Waals surface area contributed by atoms with Crippen LogP contribution in [0, 0.1) is 0 Å². The number of rotatable bonds is 0. The van der Waals surface area contributed by atoms with Crippen LogP contribution in [0.25, 0.3) is 0 Å². The summed E-state index contributed by atoms with van der Waals surface area (Å²) in [5.74, 6) is 0. The molecule has 0 nitrogen and oxygen atoms in total. The van der Waals surface area contributed by atoms with Crippen LogP contribution in [0.1, 0.15) is 89.9 Å². The van der Waals surface area contributed by atoms with Crippen LogP contribution in [-0.2, 0) is 0 Å². The summed E-state index contributed by atoms with van der Waals surface area (Å²) in [5.41, 5.74) is 0. The van der Waals surface area contributed by atoms with E-state index in [1.54, 1.807) is 57.8 Å². The maximum absolute atomic E-state index is 2.10. The average Bonchev–Trinajstić information content (AvgIpc) is 3.73. The maximum atomic E-state index is 2.10. The van der Waals surface area contributed by atoms with Crippen molar-refractivity contribution < 1.29 is 0 Å². The molecule has 0 amide bonds. The summed E-state index contributed by atoms with van der Waals surface area (Å²) >= 11 is 0. The maximum Gasteiger partial charge on any atom is 0.0423 e. The zero-order chi connectivity index (χ0) is 23.3. The highest BCUT2D eigenvalue weighted by molar-refractivity contribution is 8.21. The Morgan fingerprint density at radius 3 is 0.771 bits per heavy atom. The summed E-state index contributed by atoms with van der Waals surface area (Å²) in [6.07, 6.45) is 25.1. The van der Waals surface area contributed by atoms with Gasteiger partial charge in [-0.05, 0) is 0 Å². The van der Waals surface area contributed by atoms with Crippen LogP contribution >= 0.6 is 0 Å². The van der Waals surface area contributed by atoms with E-state index in [0.717, 1.165) is 0 Å². The second kappa shape index (κ2) is 8.27. The third-order valence-electron chi connectivity index (χ3n) is 16.5. The zero-order valence-electron chi connectivity index (χ0n) is 23.3. The Kier molecular flexibility index (Phi) is 5.75. The van der Waals surface area contributed by atoms with Gasteiger partial charge < -0.3 is 0 Å². The monoisotopic (exact) mass is 588 g/mol. The Morgan fingerprint density at radius 1 is 0.200 bits per heavy atom. The molecule has 35 heavy (non-hydrogen) atoms. The predicted octanol–water partition coefficient (Wildman–Crippen LogP) is 9.25. The van der Waals surface area contributed by atoms with Gasteiger partial charge in [-0.3, -0.25) is 0 Å². The van der Waals surface area contributed by atoms with E-state index < -0.39 is 49.8 Å². The Labute approximate surface area is 223 Å². The fourth-order valence-electron chi connectivity index (χ4n) is 16.8. The van der Waals surface area contributed by atoms with Gasteiger partial charge >= 0.3 is 0 Å². The molecule has 0 aliphatic carbocycles. The van der Waals surface area contributed by atoms with Crippen LogP contribution in [-0.4, -0.2) is 49.8 Å². The molecule has 8 aliphatic heterocycles. The van der Waals surface area contributed by atoms with Crippen molar-refractivity contribution in [1.29, 1.82) is 0 Å². The lowest BCUT2D eigenvalue weighted by Crippen LogP contribution is -3.09. The number of fused-ring (bicyclic) bond motifs is 7. The van der Waals surface area contributed by atoms with Gasteiger partial charge in [-0.25, -0.2) is 0 Å². The SMILES string of the molecule is C1CC[Si]2(C1)CCCC[Si]21[Si]2(CCCC2)[Si]2(CCCC2)[Si]2(CCCC2)[Si]2(CCCC2)[Si]12CCCC2. The zero-order valence-corrected chi connectivity index (χ0v) is 30.3. The van der Waals surface area contributed by atoms with Gasteiger partial charge in [-0.2, -0.15) is 0 Å². The first-order chi connectivity index (χ1) is 17.2. The molecular weight excluding hydrogens is 533 g/mol. The van der Waals surface area contributed by atoms with Gasteiger partial charge in [0.2, 0.25) is 0 Å². The van der Waals surface area contributed by atoms with Crippen LogP contribution in [0.4, 0.5) is 0 Å². The molecule has 0 aromatic carbocycles. The third kappa shape index (κ3) is 2.45. The quantitative estimate of drug-likeness (QED) is 0.247. The van der Waals surface area contributed by atoms with Gasteiger partial charge in [0.25, 0.3) is 0 Å². The molecule has 8 fully saturated rings. The van der Waals surface area contributed by atoms with Gasteiger partial charge in [0, 0.05) is 49.8 Å². The molecule has 0 N–H and O–H groups in total. The minimum atomic E-state index is -1.01. The van der Waals surface area contributed by atoms with E-state index in [9.17, 15) is 0 Å². The summed E-state index contributed by atoms with van der Waals surface area (Å²) < 4.78 is 0. The summed E-state index contributed by atoms with van der Waals surface area (Å²) in [6.45, 7) is -1.01. The van der Waals surface area contributed by atoms with Crippen LogP contribution in [0.2, 0.25) is 84.6 Å². The molecule has 196 valence electrons. The molecule has 7 spiro atoms. The van der Waals surface area contributed by atoms with Gasteiger partial charge in [0.1, 0.15) is 0 Å². The molecule has 0 aromatic rings. The van der Waals surface area contributed by atoms with Gasteiger partial charge in [-0.1, -0.05) is 175 Å². The van der Waals surface area contributed by atoms with E-state index in [-0.39, 0.29) is 0 Å². The van der Waals surface area contributed by atoms with Crippen molar-refractivity contribution in [2.45, 2.75) is 175 Å². The predicted molar refractivity (Wildman–Crippen MR) is 172 cm³/mol. The molecule has 0 unspecified atom stereocenters. The highest BCUT2D eigenvalue weighted by atomic mass is 30.3. The second-order valence-corrected chi connectivity index (χ2v) is 89.8. The van der Waals surface area contributed by atoms with Crippen LogP contribution < -0.4 is 0 Å². The topological polar surface area (TPSA) is 0 Å². The fourth-order valence-corrected chi connectivity index (χ4v) is 355. The fraction of sp³-hybridized carbons (Fsp3) is 1.00. The second-order valence-electron chi connectivity index (χ2n) is 16.0. The van der Waals surface area contributed by atoms with Crippen molar-refractivity contribution in [3.63, 3.8) is 0 Å². The Balaban J connectivity index is 1.51. The average molecular weight is 589 g/mol. The van der Waals surface area contributed by atoms with Crippen LogP contribution in [0.3, 0.4) is 0 Å². The van der Waals surface area contributed by atoms with Crippen molar-refractivity contribution in [1.82, 2.24) is 0 Å². The molecule has 0 atom stereocenters. The molecule has 8 rings (SSSR count). The molecule has 8 saturated heterocycles. The van der Waals surface area contributed by atoms with Crippen molar-refractivity contribution in [2.75, 3.05) is 0 Å². The largest absolute Gasteiger partial charge is 0.0629 e. The van der Waals surface area contributed by atoms with E-state index in [1.165, 1.54) is 0 Å². The summed E-state index contributed by atoms with van der Waals surface area (Å²) in [5, 5.41) is 0. The molecule has 8 heterocycles. The van der Waals surface area contributed by atoms with Crippen molar-refractivity contribution in [2.24, 2.45) is 0 Å². The summed E-state index contributed by atoms with van der Waals surface area (Å²) in [4.78, 5) is 0. The molecule has 0 saturated carbocycles. The Morgan fingerprint density at radius 2 is 0.429 bits per heavy atom. The molecule has 0 radical (unpaired) electrons. The highest BCUT2D eigenvalue weighted by Crippen LogP contribution is 2.74. The molecule has 0 bridgehead atoms. The summed E-state index contributed by atoms with van der Waals surface area (Å²) in [6, 6.07) is 28.5. The van der Waals surface area contributed by atoms with Crippen molar-refractivity contribution in [3.8, 4) is 0 Å². The van der Waals surface area contributed by atoms with Gasteiger partial charge in [0.05, 0.1) is 0 Å². The van der Waals surface area contributed by atoms with Gasteiger partial charge in [-0.15, -0.1) is 0 Å². The van der Waals surface area contributed by atoms with E-state index in [2.05, 4.69) is 30.2 Å². The van der Waals surface area contributed by atoms with Gasteiger partial charge in [0.15, 0.2) is 0 Å². The van der Waals surface area contributed by atoms with Crippen LogP contribution in [0.5, 0.6) is 0 Å². The molecule has 0 aromatic heterocycles. The van der Waals surface area contributed by atoms with Crippen LogP contribution in [0.15, 0.2) is 0 Å². The molecule has 7 heteroatoms. The smallest absolute Gasteiger partial charge is 0.0423 e. The minimum Gasteiger partial charge on any atom is -0.0629 e. The first-order valence-corrected chi connectivity index (χ1v) is 41.1. The lowest BCUT2D eigenvalue weighted by atomic mass is 10.4. The first-order valence-electron chi connectivity index (χ1n) is 17.2. The van der Waals surface area contributed by atoms with E-state index in [0.29, 0.717) is 0 Å². The van der Waals surface area contributed by atoms with E-state index in [4.69, 9.17) is 0 Å². The Hall–Kier alpha value is 1.52. The Bertz CT molecular complexity index is 787. The lowest BCUT2D eigenvalue weighted by molar-refractivity contribution is 0.841. The number of hydrogen-bond acceptors (Lipinski definition) is 0. The van der Waals surface area contributed by atoms with E-state index in [1.807, 2.05) is 86.5 Å².